The lowest BCUT2D eigenvalue weighted by atomic mass is 10.2. The van der Waals surface area contributed by atoms with E-state index in [0.29, 0.717) is 0 Å². The molecule has 0 heterocycles. The third kappa shape index (κ3) is 2.63. The number of rotatable bonds is 3. The Balaban J connectivity index is 3.29. The van der Waals surface area contributed by atoms with E-state index in [1.165, 1.54) is 13.2 Å². The van der Waals surface area contributed by atoms with Gasteiger partial charge in [-0.3, -0.25) is 13.9 Å². The zero-order valence-electron chi connectivity index (χ0n) is 8.08. The van der Waals surface area contributed by atoms with Gasteiger partial charge in [0.1, 0.15) is 5.75 Å². The van der Waals surface area contributed by atoms with Gasteiger partial charge < -0.3 is 4.74 Å². The van der Waals surface area contributed by atoms with Gasteiger partial charge in [-0.15, -0.1) is 0 Å². The highest BCUT2D eigenvalue weighted by molar-refractivity contribution is 8.01. The Morgan fingerprint density at radius 2 is 2.06 bits per heavy atom. The van der Waals surface area contributed by atoms with Crippen molar-refractivity contribution >= 4 is 29.0 Å². The second-order valence-electron chi connectivity index (χ2n) is 2.74. The molecule has 0 unspecified atom stereocenters. The summed E-state index contributed by atoms with van der Waals surface area (Å²) < 4.78 is 45.2. The normalized spacial score (nSPS) is 11.4. The summed E-state index contributed by atoms with van der Waals surface area (Å²) in [6, 6.07) is 3.50. The molecule has 0 fully saturated rings. The van der Waals surface area contributed by atoms with Gasteiger partial charge in [0.15, 0.2) is 8.46 Å². The molecule has 0 bridgehead atoms. The summed E-state index contributed by atoms with van der Waals surface area (Å²) in [6.07, 6.45) is 0. The lowest BCUT2D eigenvalue weighted by Crippen LogP contribution is -2.14. The van der Waals surface area contributed by atoms with Gasteiger partial charge in [0, 0.05) is 5.56 Å². The van der Waals surface area contributed by atoms with Crippen LogP contribution in [0.25, 0.3) is 0 Å². The van der Waals surface area contributed by atoms with E-state index in [0.717, 1.165) is 12.1 Å². The molecular formula is C8H7O6PS. The number of methoxy groups -OCH3 is 1. The van der Waals surface area contributed by atoms with Crippen LogP contribution in [0.15, 0.2) is 18.2 Å². The Bertz CT molecular complexity index is 535. The van der Waals surface area contributed by atoms with E-state index in [1.807, 2.05) is 0 Å². The lowest BCUT2D eigenvalue weighted by molar-refractivity contribution is 0.106. The first-order valence-corrected chi connectivity index (χ1v) is 6.18. The first-order valence-electron chi connectivity index (χ1n) is 3.93. The molecule has 0 atom stereocenters. The second-order valence-corrected chi connectivity index (χ2v) is 4.73. The van der Waals surface area contributed by atoms with Crippen molar-refractivity contribution in [1.82, 2.24) is 0 Å². The van der Waals surface area contributed by atoms with Crippen LogP contribution >= 0.6 is 8.46 Å². The minimum atomic E-state index is -4.78. The zero-order valence-corrected chi connectivity index (χ0v) is 9.79. The van der Waals surface area contributed by atoms with Gasteiger partial charge in [-0.25, -0.2) is 0 Å². The number of hydrogen-bond acceptors (Lipinski definition) is 5. The van der Waals surface area contributed by atoms with Crippen LogP contribution in [-0.2, 0) is 14.7 Å². The van der Waals surface area contributed by atoms with Gasteiger partial charge in [0.05, 0.1) is 12.4 Å². The summed E-state index contributed by atoms with van der Waals surface area (Å²) in [5.41, 5.74) is -0.258. The predicted octanol–water partition coefficient (Wildman–Crippen LogP) is 0.640. The number of ether oxygens (including phenoxy) is 1. The summed E-state index contributed by atoms with van der Waals surface area (Å²) in [5.74, 6) is 0.103. The first kappa shape index (κ1) is 12.8. The average Bonchev–Trinajstić information content (AvgIpc) is 2.25. The van der Waals surface area contributed by atoms with Crippen molar-refractivity contribution in [3.63, 3.8) is 0 Å². The molecule has 0 radical (unpaired) electrons. The highest BCUT2D eigenvalue weighted by Crippen LogP contribution is 2.16. The van der Waals surface area contributed by atoms with Crippen molar-refractivity contribution in [1.29, 1.82) is 0 Å². The molecule has 1 N–H and O–H groups in total. The van der Waals surface area contributed by atoms with Crippen molar-refractivity contribution in [2.24, 2.45) is 0 Å². The topological polar surface area (TPSA) is 97.7 Å². The fourth-order valence-electron chi connectivity index (χ4n) is 1.03. The van der Waals surface area contributed by atoms with Gasteiger partial charge >= 0.3 is 15.2 Å². The van der Waals surface area contributed by atoms with Crippen molar-refractivity contribution in [2.75, 3.05) is 7.11 Å². The van der Waals surface area contributed by atoms with Gasteiger partial charge in [0.2, 0.25) is 0 Å². The third-order valence-electron chi connectivity index (χ3n) is 1.75. The quantitative estimate of drug-likeness (QED) is 0.634. The van der Waals surface area contributed by atoms with E-state index >= 15 is 0 Å². The van der Waals surface area contributed by atoms with Crippen molar-refractivity contribution in [3.8, 4) is 5.75 Å². The molecule has 16 heavy (non-hydrogen) atoms. The third-order valence-corrected chi connectivity index (χ3v) is 3.02. The van der Waals surface area contributed by atoms with Gasteiger partial charge in [-0.2, -0.15) is 8.42 Å². The van der Waals surface area contributed by atoms with E-state index in [9.17, 15) is 17.8 Å². The average molecular weight is 262 g/mol. The molecule has 0 saturated heterocycles. The van der Waals surface area contributed by atoms with Crippen molar-refractivity contribution in [3.05, 3.63) is 23.8 Å². The summed E-state index contributed by atoms with van der Waals surface area (Å²) in [6.45, 7) is 0. The maximum atomic E-state index is 11.2. The smallest absolute Gasteiger partial charge is 0.333 e. The lowest BCUT2D eigenvalue weighted by Gasteiger charge is -2.04. The number of hydrogen-bond donors (Lipinski definition) is 1. The molecule has 0 aliphatic heterocycles. The number of benzene rings is 1. The van der Waals surface area contributed by atoms with Crippen LogP contribution in [0.3, 0.4) is 0 Å². The summed E-state index contributed by atoms with van der Waals surface area (Å²) in [7, 11) is -3.81. The Morgan fingerprint density at radius 1 is 1.44 bits per heavy atom. The number of carbonyl (C=O) groups excluding carboxylic acids is 1. The molecule has 6 nitrogen and oxygen atoms in total. The van der Waals surface area contributed by atoms with Gasteiger partial charge in [0.25, 0.3) is 0 Å². The molecule has 0 amide bonds. The molecule has 0 spiro atoms. The van der Waals surface area contributed by atoms with E-state index in [1.54, 1.807) is 0 Å². The van der Waals surface area contributed by atoms with Crippen LogP contribution in [0.2, 0.25) is 0 Å². The monoisotopic (exact) mass is 262 g/mol. The van der Waals surface area contributed by atoms with Crippen LogP contribution in [0.4, 0.5) is 0 Å². The molecule has 1 aromatic carbocycles. The van der Waals surface area contributed by atoms with E-state index in [2.05, 4.69) is 0 Å². The number of carbonyl (C=O) groups is 1. The van der Waals surface area contributed by atoms with E-state index in [-0.39, 0.29) is 25.1 Å². The summed E-state index contributed by atoms with van der Waals surface area (Å²) in [4.78, 5) is 11.2. The summed E-state index contributed by atoms with van der Waals surface area (Å²) >= 11 is 0. The molecule has 86 valence electrons. The Labute approximate surface area is 93.2 Å². The Hall–Kier alpha value is -1.30. The second kappa shape index (κ2) is 4.69. The largest absolute Gasteiger partial charge is 0.496 e. The fourth-order valence-corrected chi connectivity index (χ4v) is 1.83. The first-order chi connectivity index (χ1) is 7.40. The SMILES string of the molecule is COc1cc(C(=O)S(=O)(=O)O)ccc1P=O. The fraction of sp³-hybridized carbons (Fsp3) is 0.125. The zero-order chi connectivity index (χ0) is 12.3. The van der Waals surface area contributed by atoms with Crippen LogP contribution < -0.4 is 10.0 Å². The van der Waals surface area contributed by atoms with Gasteiger partial charge in [-0.1, -0.05) is 0 Å². The minimum absolute atomic E-state index is 0.103. The predicted molar refractivity (Wildman–Crippen MR) is 56.1 cm³/mol. The van der Waals surface area contributed by atoms with Crippen molar-refractivity contribution < 1.29 is 27.1 Å². The van der Waals surface area contributed by atoms with Crippen LogP contribution in [0.1, 0.15) is 10.4 Å². The molecular weight excluding hydrogens is 255 g/mol. The maximum Gasteiger partial charge on any atom is 0.333 e. The highest BCUT2D eigenvalue weighted by atomic mass is 32.2. The van der Waals surface area contributed by atoms with Crippen molar-refractivity contribution in [2.45, 2.75) is 0 Å². The molecule has 0 aliphatic rings. The van der Waals surface area contributed by atoms with Crippen LogP contribution in [0.5, 0.6) is 5.75 Å². The van der Waals surface area contributed by atoms with Gasteiger partial charge in [-0.05, 0) is 18.2 Å². The Kier molecular flexibility index (Phi) is 3.74. The highest BCUT2D eigenvalue weighted by Gasteiger charge is 2.21. The molecule has 0 aliphatic carbocycles. The standard InChI is InChI=1S/C8H7O6PS/c1-14-6-4-5(2-3-7(6)15-10)8(9)16(11,12)13/h2-4H,1H3,(H,11,12,13). The van der Waals surface area contributed by atoms with Crippen LogP contribution in [0, 0.1) is 0 Å². The molecule has 0 aromatic heterocycles. The molecule has 1 aromatic rings. The molecule has 8 heteroatoms. The van der Waals surface area contributed by atoms with Crippen LogP contribution in [-0.4, -0.2) is 25.2 Å². The van der Waals surface area contributed by atoms with E-state index in [4.69, 9.17) is 9.29 Å². The molecule has 0 saturated carbocycles. The minimum Gasteiger partial charge on any atom is -0.496 e. The molecule has 1 rings (SSSR count). The Morgan fingerprint density at radius 3 is 2.50 bits per heavy atom. The van der Waals surface area contributed by atoms with E-state index < -0.39 is 15.2 Å². The summed E-state index contributed by atoms with van der Waals surface area (Å²) in [5, 5.41) is -1.16. The maximum absolute atomic E-state index is 11.2.